The van der Waals surface area contributed by atoms with Gasteiger partial charge in [0.2, 0.25) is 0 Å². The lowest BCUT2D eigenvalue weighted by Crippen LogP contribution is -2.25. The number of fused-ring (bicyclic) bond motifs is 1. The standard InChI is InChI=1S/C27H27ClFN3O4/c1-15(2)9-11-30-26(33)17-7-8-18(20(12-17)27(34)35)16(3)19(6-5-10-28)25-31-22-13-21(29)24(36-4)14-23(22)32-25/h5-8,10,12-15H,3,9,11H2,1-2,4H3,(H,30,33)(H,31,32)(H,34,35)/b10-5-,19-6+. The quantitative estimate of drug-likeness (QED) is 0.288. The van der Waals surface area contributed by atoms with Crippen LogP contribution in [-0.2, 0) is 0 Å². The summed E-state index contributed by atoms with van der Waals surface area (Å²) >= 11 is 5.73. The molecule has 3 aromatic rings. The van der Waals surface area contributed by atoms with Gasteiger partial charge in [0.15, 0.2) is 11.6 Å². The first-order valence-corrected chi connectivity index (χ1v) is 11.7. The summed E-state index contributed by atoms with van der Waals surface area (Å²) in [6.07, 6.45) is 3.95. The number of carbonyl (C=O) groups excluding carboxylic acids is 1. The predicted octanol–water partition coefficient (Wildman–Crippen LogP) is 6.03. The van der Waals surface area contributed by atoms with Crippen molar-refractivity contribution in [3.63, 3.8) is 0 Å². The Hall–Kier alpha value is -3.91. The van der Waals surface area contributed by atoms with Crippen molar-refractivity contribution in [1.29, 1.82) is 0 Å². The maximum atomic E-state index is 14.2. The number of nitrogens with one attached hydrogen (secondary N) is 2. The fourth-order valence-corrected chi connectivity index (χ4v) is 3.67. The number of hydrogen-bond donors (Lipinski definition) is 3. The van der Waals surface area contributed by atoms with Crippen LogP contribution in [0.2, 0.25) is 0 Å². The topological polar surface area (TPSA) is 104 Å². The molecule has 0 atom stereocenters. The zero-order valence-corrected chi connectivity index (χ0v) is 20.9. The number of aromatic carboxylic acids is 1. The van der Waals surface area contributed by atoms with Crippen LogP contribution in [0, 0.1) is 11.7 Å². The molecule has 3 rings (SSSR count). The van der Waals surface area contributed by atoms with Gasteiger partial charge in [0.25, 0.3) is 5.91 Å². The molecule has 0 aliphatic heterocycles. The molecule has 0 unspecified atom stereocenters. The number of amides is 1. The number of nitrogens with zero attached hydrogens (tertiary/aromatic N) is 1. The van der Waals surface area contributed by atoms with Gasteiger partial charge in [-0.05, 0) is 41.7 Å². The van der Waals surface area contributed by atoms with Crippen LogP contribution in [0.4, 0.5) is 4.39 Å². The van der Waals surface area contributed by atoms with Gasteiger partial charge < -0.3 is 20.1 Å². The molecule has 0 bridgehead atoms. The van der Waals surface area contributed by atoms with Crippen molar-refractivity contribution >= 4 is 45.7 Å². The monoisotopic (exact) mass is 511 g/mol. The number of ether oxygens (including phenoxy) is 1. The van der Waals surface area contributed by atoms with Gasteiger partial charge in [0.1, 0.15) is 5.82 Å². The largest absolute Gasteiger partial charge is 0.494 e. The summed E-state index contributed by atoms with van der Waals surface area (Å²) in [5, 5.41) is 12.7. The summed E-state index contributed by atoms with van der Waals surface area (Å²) in [5.74, 6) is -1.34. The van der Waals surface area contributed by atoms with Gasteiger partial charge in [0.05, 0.1) is 23.7 Å². The van der Waals surface area contributed by atoms with Crippen LogP contribution >= 0.6 is 11.6 Å². The highest BCUT2D eigenvalue weighted by Crippen LogP contribution is 2.33. The van der Waals surface area contributed by atoms with Crippen LogP contribution in [0.3, 0.4) is 0 Å². The lowest BCUT2D eigenvalue weighted by atomic mass is 9.92. The molecule has 188 valence electrons. The lowest BCUT2D eigenvalue weighted by molar-refractivity contribution is 0.0696. The van der Waals surface area contributed by atoms with Crippen molar-refractivity contribution in [1.82, 2.24) is 15.3 Å². The summed E-state index contributed by atoms with van der Waals surface area (Å²) in [4.78, 5) is 32.2. The third-order valence-corrected chi connectivity index (χ3v) is 5.66. The Morgan fingerprint density at radius 1 is 1.28 bits per heavy atom. The van der Waals surface area contributed by atoms with Crippen LogP contribution < -0.4 is 10.1 Å². The number of halogens is 2. The van der Waals surface area contributed by atoms with Gasteiger partial charge in [-0.2, -0.15) is 0 Å². The van der Waals surface area contributed by atoms with Gasteiger partial charge in [-0.1, -0.05) is 44.2 Å². The number of allylic oxidation sites excluding steroid dienone is 4. The van der Waals surface area contributed by atoms with Crippen molar-refractivity contribution in [2.24, 2.45) is 5.92 Å². The van der Waals surface area contributed by atoms with Crippen molar-refractivity contribution in [3.05, 3.63) is 82.9 Å². The van der Waals surface area contributed by atoms with Crippen LogP contribution in [0.25, 0.3) is 22.2 Å². The minimum absolute atomic E-state index is 0.0426. The third kappa shape index (κ3) is 6.01. The molecule has 0 fully saturated rings. The number of H-pyrrole nitrogens is 1. The maximum absolute atomic E-state index is 14.2. The van der Waals surface area contributed by atoms with E-state index >= 15 is 0 Å². The molecule has 7 nitrogen and oxygen atoms in total. The molecule has 9 heteroatoms. The highest BCUT2D eigenvalue weighted by Gasteiger charge is 2.21. The smallest absolute Gasteiger partial charge is 0.336 e. The Kier molecular flexibility index (Phi) is 8.66. The van der Waals surface area contributed by atoms with Gasteiger partial charge in [-0.25, -0.2) is 14.2 Å². The van der Waals surface area contributed by atoms with E-state index in [-0.39, 0.29) is 22.8 Å². The molecular formula is C27H27ClFN3O4. The Balaban J connectivity index is 2.02. The third-order valence-electron chi connectivity index (χ3n) is 5.52. The van der Waals surface area contributed by atoms with Crippen LogP contribution in [0.5, 0.6) is 5.75 Å². The second-order valence-corrected chi connectivity index (χ2v) is 8.72. The summed E-state index contributed by atoms with van der Waals surface area (Å²) < 4.78 is 19.2. The second-order valence-electron chi connectivity index (χ2n) is 8.47. The number of carboxylic acid groups (broad SMARTS) is 1. The molecule has 36 heavy (non-hydrogen) atoms. The average Bonchev–Trinajstić information content (AvgIpc) is 3.25. The molecule has 2 aromatic carbocycles. The molecule has 3 N–H and O–H groups in total. The number of carboxylic acids is 1. The highest BCUT2D eigenvalue weighted by molar-refractivity contribution is 6.25. The molecule has 0 radical (unpaired) electrons. The Morgan fingerprint density at radius 2 is 2.03 bits per heavy atom. The van der Waals surface area contributed by atoms with Gasteiger partial charge in [-0.3, -0.25) is 4.79 Å². The van der Waals surface area contributed by atoms with Gasteiger partial charge in [0, 0.05) is 35.3 Å². The molecule has 1 amide bonds. The number of hydrogen-bond acceptors (Lipinski definition) is 4. The number of aromatic amines is 1. The molecule has 1 heterocycles. The molecule has 0 spiro atoms. The highest BCUT2D eigenvalue weighted by atomic mass is 35.5. The van der Waals surface area contributed by atoms with Crippen LogP contribution in [0.1, 0.15) is 52.4 Å². The first kappa shape index (κ1) is 26.7. The minimum Gasteiger partial charge on any atom is -0.494 e. The number of carbonyl (C=O) groups is 2. The number of benzene rings is 2. The fourth-order valence-electron chi connectivity index (χ4n) is 3.60. The molecule has 0 saturated heterocycles. The summed E-state index contributed by atoms with van der Waals surface area (Å²) in [6, 6.07) is 7.12. The fraction of sp³-hybridized carbons (Fsp3) is 0.222. The first-order chi connectivity index (χ1) is 17.2. The molecule has 0 aliphatic rings. The van der Waals surface area contributed by atoms with Crippen LogP contribution in [0.15, 0.2) is 54.6 Å². The normalized spacial score (nSPS) is 11.9. The number of imidazole rings is 1. The van der Waals surface area contributed by atoms with Gasteiger partial charge >= 0.3 is 5.97 Å². The minimum atomic E-state index is -1.22. The predicted molar refractivity (Wildman–Crippen MR) is 140 cm³/mol. The molecular weight excluding hydrogens is 485 g/mol. The van der Waals surface area contributed by atoms with E-state index in [1.807, 2.05) is 0 Å². The Morgan fingerprint density at radius 3 is 2.67 bits per heavy atom. The lowest BCUT2D eigenvalue weighted by Gasteiger charge is -2.14. The molecule has 0 saturated carbocycles. The average molecular weight is 512 g/mol. The van der Waals surface area contributed by atoms with Crippen LogP contribution in [-0.4, -0.2) is 40.6 Å². The summed E-state index contributed by atoms with van der Waals surface area (Å²) in [6.45, 7) is 8.68. The van der Waals surface area contributed by atoms with Crippen molar-refractivity contribution in [2.45, 2.75) is 20.3 Å². The number of rotatable bonds is 10. The second kappa shape index (κ2) is 11.7. The first-order valence-electron chi connectivity index (χ1n) is 11.2. The van der Waals surface area contributed by atoms with Gasteiger partial charge in [-0.15, -0.1) is 0 Å². The van der Waals surface area contributed by atoms with E-state index in [0.29, 0.717) is 46.0 Å². The summed E-state index contributed by atoms with van der Waals surface area (Å²) in [7, 11) is 1.36. The van der Waals surface area contributed by atoms with E-state index in [9.17, 15) is 19.1 Å². The van der Waals surface area contributed by atoms with E-state index < -0.39 is 11.8 Å². The zero-order chi connectivity index (χ0) is 26.4. The van der Waals surface area contributed by atoms with E-state index in [1.165, 1.54) is 43.0 Å². The van der Waals surface area contributed by atoms with Crippen molar-refractivity contribution < 1.29 is 23.8 Å². The van der Waals surface area contributed by atoms with E-state index in [4.69, 9.17) is 16.3 Å². The molecule has 1 aromatic heterocycles. The Labute approximate surface area is 213 Å². The van der Waals surface area contributed by atoms with E-state index in [1.54, 1.807) is 12.1 Å². The number of methoxy groups -OCH3 is 1. The Bertz CT molecular complexity index is 1370. The maximum Gasteiger partial charge on any atom is 0.336 e. The SMILES string of the molecule is C=C(/C(=C\C=C/Cl)c1nc2cc(OC)c(F)cc2[nH]1)c1ccc(C(=O)NCCC(C)C)cc1C(=O)O. The zero-order valence-electron chi connectivity index (χ0n) is 20.2. The van der Waals surface area contributed by atoms with E-state index in [2.05, 4.69) is 35.7 Å². The van der Waals surface area contributed by atoms with E-state index in [0.717, 1.165) is 6.42 Å². The number of aromatic nitrogens is 2. The van der Waals surface area contributed by atoms with Crippen molar-refractivity contribution in [3.8, 4) is 5.75 Å². The summed E-state index contributed by atoms with van der Waals surface area (Å²) in [5.41, 5.74) is 3.32. The molecule has 0 aliphatic carbocycles. The van der Waals surface area contributed by atoms with Crippen molar-refractivity contribution in [2.75, 3.05) is 13.7 Å².